The minimum atomic E-state index is -0.241. The van der Waals surface area contributed by atoms with Gasteiger partial charge in [0.15, 0.2) is 11.5 Å². The SMILES string of the molecule is COc1cc(/C=C/C(=O)Nc2ccnn2C(C)C)ccc1OCc1c(C)noc1C. The third-order valence-corrected chi connectivity index (χ3v) is 4.58. The molecule has 0 aliphatic rings. The molecule has 0 aliphatic heterocycles. The van der Waals surface area contributed by atoms with E-state index in [9.17, 15) is 4.79 Å². The van der Waals surface area contributed by atoms with Crippen LogP contribution in [0.25, 0.3) is 6.08 Å². The molecule has 1 amide bonds. The van der Waals surface area contributed by atoms with Crippen molar-refractivity contribution in [2.45, 2.75) is 40.3 Å². The van der Waals surface area contributed by atoms with Gasteiger partial charge in [0.05, 0.1) is 24.6 Å². The number of nitrogens with one attached hydrogen (secondary N) is 1. The molecule has 8 nitrogen and oxygen atoms in total. The van der Waals surface area contributed by atoms with E-state index in [1.165, 1.54) is 6.08 Å². The summed E-state index contributed by atoms with van der Waals surface area (Å²) >= 11 is 0. The lowest BCUT2D eigenvalue weighted by Gasteiger charge is -2.11. The zero-order valence-corrected chi connectivity index (χ0v) is 17.8. The maximum atomic E-state index is 12.3. The van der Waals surface area contributed by atoms with Gasteiger partial charge in [-0.3, -0.25) is 4.79 Å². The van der Waals surface area contributed by atoms with E-state index >= 15 is 0 Å². The zero-order valence-electron chi connectivity index (χ0n) is 17.8. The van der Waals surface area contributed by atoms with Crippen LogP contribution in [0.3, 0.4) is 0 Å². The molecule has 2 aromatic heterocycles. The maximum Gasteiger partial charge on any atom is 0.249 e. The summed E-state index contributed by atoms with van der Waals surface area (Å²) in [6, 6.07) is 7.39. The molecule has 0 saturated heterocycles. The van der Waals surface area contributed by atoms with Crippen LogP contribution < -0.4 is 14.8 Å². The third-order valence-electron chi connectivity index (χ3n) is 4.58. The molecule has 30 heavy (non-hydrogen) atoms. The molecule has 0 unspecified atom stereocenters. The first-order valence-electron chi connectivity index (χ1n) is 9.64. The Bertz CT molecular complexity index is 1030. The van der Waals surface area contributed by atoms with Crippen LogP contribution in [0.15, 0.2) is 41.1 Å². The predicted octanol–water partition coefficient (Wildman–Crippen LogP) is 4.31. The number of aryl methyl sites for hydroxylation is 2. The predicted molar refractivity (Wildman–Crippen MR) is 114 cm³/mol. The van der Waals surface area contributed by atoms with Crippen molar-refractivity contribution in [3.05, 3.63) is 59.1 Å². The number of nitrogens with zero attached hydrogens (tertiary/aromatic N) is 3. The van der Waals surface area contributed by atoms with E-state index < -0.39 is 0 Å². The van der Waals surface area contributed by atoms with Crippen LogP contribution in [0, 0.1) is 13.8 Å². The van der Waals surface area contributed by atoms with E-state index in [2.05, 4.69) is 15.6 Å². The van der Waals surface area contributed by atoms with Crippen LogP contribution >= 0.6 is 0 Å². The van der Waals surface area contributed by atoms with Crippen molar-refractivity contribution in [1.82, 2.24) is 14.9 Å². The highest BCUT2D eigenvalue weighted by Crippen LogP contribution is 2.30. The highest BCUT2D eigenvalue weighted by atomic mass is 16.5. The van der Waals surface area contributed by atoms with Gasteiger partial charge in [-0.25, -0.2) is 4.68 Å². The standard InChI is InChI=1S/C22H26N4O4/c1-14(2)26-21(10-11-23-26)24-22(27)9-7-17-6-8-19(20(12-17)28-5)29-13-18-15(3)25-30-16(18)4/h6-12,14H,13H2,1-5H3,(H,24,27)/b9-7+. The summed E-state index contributed by atoms with van der Waals surface area (Å²) in [5.41, 5.74) is 2.53. The largest absolute Gasteiger partial charge is 0.493 e. The molecule has 158 valence electrons. The van der Waals surface area contributed by atoms with E-state index in [1.54, 1.807) is 30.1 Å². The van der Waals surface area contributed by atoms with Gasteiger partial charge in [0.25, 0.3) is 0 Å². The number of aromatic nitrogens is 3. The van der Waals surface area contributed by atoms with Gasteiger partial charge in [0.2, 0.25) is 5.91 Å². The Hall–Kier alpha value is -3.55. The van der Waals surface area contributed by atoms with Crippen LogP contribution in [0.1, 0.15) is 42.5 Å². The number of amides is 1. The van der Waals surface area contributed by atoms with Crippen LogP contribution in [-0.4, -0.2) is 28.0 Å². The molecule has 0 bridgehead atoms. The van der Waals surface area contributed by atoms with Crippen molar-refractivity contribution >= 4 is 17.8 Å². The van der Waals surface area contributed by atoms with Crippen LogP contribution in [0.2, 0.25) is 0 Å². The van der Waals surface area contributed by atoms with Crippen molar-refractivity contribution < 1.29 is 18.8 Å². The highest BCUT2D eigenvalue weighted by Gasteiger charge is 2.12. The number of methoxy groups -OCH3 is 1. The highest BCUT2D eigenvalue weighted by molar-refractivity contribution is 6.01. The van der Waals surface area contributed by atoms with Crippen molar-refractivity contribution in [2.75, 3.05) is 12.4 Å². The molecule has 1 N–H and O–H groups in total. The molecule has 0 atom stereocenters. The molecular formula is C22H26N4O4. The molecule has 0 aliphatic carbocycles. The number of hydrogen-bond acceptors (Lipinski definition) is 6. The van der Waals surface area contributed by atoms with Gasteiger partial charge in [-0.05, 0) is 51.5 Å². The number of carbonyl (C=O) groups is 1. The second kappa shape index (κ2) is 9.30. The third kappa shape index (κ3) is 4.89. The number of hydrogen-bond donors (Lipinski definition) is 1. The van der Waals surface area contributed by atoms with Gasteiger partial charge in [0, 0.05) is 18.2 Å². The quantitative estimate of drug-likeness (QED) is 0.557. The first kappa shape index (κ1) is 21.2. The first-order valence-corrected chi connectivity index (χ1v) is 9.64. The number of carbonyl (C=O) groups excluding carboxylic acids is 1. The Balaban J connectivity index is 1.66. The maximum absolute atomic E-state index is 12.3. The average molecular weight is 410 g/mol. The van der Waals surface area contributed by atoms with Crippen molar-refractivity contribution in [2.24, 2.45) is 0 Å². The number of benzene rings is 1. The van der Waals surface area contributed by atoms with E-state index in [0.29, 0.717) is 23.9 Å². The van der Waals surface area contributed by atoms with Crippen molar-refractivity contribution in [3.63, 3.8) is 0 Å². The lowest BCUT2D eigenvalue weighted by molar-refractivity contribution is -0.111. The Labute approximate surface area is 175 Å². The Morgan fingerprint density at radius 2 is 2.07 bits per heavy atom. The van der Waals surface area contributed by atoms with Crippen molar-refractivity contribution in [3.8, 4) is 11.5 Å². The topological polar surface area (TPSA) is 91.4 Å². The van der Waals surface area contributed by atoms with E-state index in [1.807, 2.05) is 45.9 Å². The summed E-state index contributed by atoms with van der Waals surface area (Å²) in [5, 5.41) is 11.0. The Morgan fingerprint density at radius 3 is 2.73 bits per heavy atom. The molecule has 0 spiro atoms. The lowest BCUT2D eigenvalue weighted by Crippen LogP contribution is -2.14. The monoisotopic (exact) mass is 410 g/mol. The fourth-order valence-electron chi connectivity index (χ4n) is 2.93. The van der Waals surface area contributed by atoms with Gasteiger partial charge < -0.3 is 19.3 Å². The molecule has 8 heteroatoms. The summed E-state index contributed by atoms with van der Waals surface area (Å²) in [6.07, 6.45) is 4.84. The number of anilines is 1. The summed E-state index contributed by atoms with van der Waals surface area (Å²) in [7, 11) is 1.57. The number of ether oxygens (including phenoxy) is 2. The molecular weight excluding hydrogens is 384 g/mol. The number of rotatable bonds is 8. The fraction of sp³-hybridized carbons (Fsp3) is 0.318. The van der Waals surface area contributed by atoms with E-state index in [-0.39, 0.29) is 11.9 Å². The molecule has 3 rings (SSSR count). The van der Waals surface area contributed by atoms with Crippen molar-refractivity contribution in [1.29, 1.82) is 0 Å². The second-order valence-electron chi connectivity index (χ2n) is 7.08. The minimum absolute atomic E-state index is 0.154. The molecule has 2 heterocycles. The van der Waals surface area contributed by atoms with Crippen LogP contribution in [0.5, 0.6) is 11.5 Å². The Kier molecular flexibility index (Phi) is 6.56. The fourth-order valence-corrected chi connectivity index (χ4v) is 2.93. The second-order valence-corrected chi connectivity index (χ2v) is 7.08. The molecule has 0 radical (unpaired) electrons. The summed E-state index contributed by atoms with van der Waals surface area (Å²) in [5.74, 6) is 2.31. The van der Waals surface area contributed by atoms with Gasteiger partial charge in [-0.15, -0.1) is 0 Å². The normalized spacial score (nSPS) is 11.3. The smallest absolute Gasteiger partial charge is 0.249 e. The molecule has 3 aromatic rings. The zero-order chi connectivity index (χ0) is 21.7. The van der Waals surface area contributed by atoms with Gasteiger partial charge in [0.1, 0.15) is 18.2 Å². The van der Waals surface area contributed by atoms with Gasteiger partial charge in [-0.1, -0.05) is 11.2 Å². The lowest BCUT2D eigenvalue weighted by atomic mass is 10.2. The van der Waals surface area contributed by atoms with Crippen LogP contribution in [0.4, 0.5) is 5.82 Å². The van der Waals surface area contributed by atoms with E-state index in [4.69, 9.17) is 14.0 Å². The van der Waals surface area contributed by atoms with Gasteiger partial charge in [-0.2, -0.15) is 5.10 Å². The summed E-state index contributed by atoms with van der Waals surface area (Å²) < 4.78 is 18.2. The average Bonchev–Trinajstić information content (AvgIpc) is 3.31. The molecule has 0 fully saturated rings. The van der Waals surface area contributed by atoms with Crippen LogP contribution in [-0.2, 0) is 11.4 Å². The van der Waals surface area contributed by atoms with E-state index in [0.717, 1.165) is 22.6 Å². The molecule has 1 aromatic carbocycles. The first-order chi connectivity index (χ1) is 14.4. The summed E-state index contributed by atoms with van der Waals surface area (Å²) in [6.45, 7) is 8.06. The van der Waals surface area contributed by atoms with Gasteiger partial charge >= 0.3 is 0 Å². The molecule has 0 saturated carbocycles. The summed E-state index contributed by atoms with van der Waals surface area (Å²) in [4.78, 5) is 12.3. The Morgan fingerprint density at radius 1 is 1.27 bits per heavy atom. The minimum Gasteiger partial charge on any atom is -0.493 e.